The first-order valence-corrected chi connectivity index (χ1v) is 23.9. The molecule has 3 heterocycles. The third kappa shape index (κ3) is 17.0. The first-order valence-electron chi connectivity index (χ1n) is 23.9. The topological polar surface area (TPSA) is 387 Å². The summed E-state index contributed by atoms with van der Waals surface area (Å²) >= 11 is 0. The van der Waals surface area contributed by atoms with Gasteiger partial charge in [0.2, 0.25) is 47.3 Å². The fourth-order valence-electron chi connectivity index (χ4n) is 8.46. The minimum Gasteiger partial charge on any atom is -0.508 e. The number of carbonyl (C=O) groups excluding carboxylic acids is 8. The van der Waals surface area contributed by atoms with E-state index in [4.69, 9.17) is 11.5 Å². The Kier molecular flexibility index (Phi) is 20.6. The first-order chi connectivity index (χ1) is 34.8. The number of imidazole rings is 1. The molecule has 2 bridgehead atoms. The Morgan fingerprint density at radius 3 is 2.21 bits per heavy atom. The van der Waals surface area contributed by atoms with Crippen molar-refractivity contribution in [1.82, 2.24) is 57.4 Å². The number of likely N-dealkylation sites (N-methyl/N-ethyl adjacent to an activating group) is 1. The van der Waals surface area contributed by atoms with Gasteiger partial charge in [0.1, 0.15) is 48.0 Å². The van der Waals surface area contributed by atoms with Gasteiger partial charge in [-0.1, -0.05) is 56.3 Å². The number of aliphatic carboxylic acids is 1. The molecular weight excluding hydrogens is 949 g/mol. The number of carbonyl (C=O) groups is 9. The smallest absolute Gasteiger partial charge is 0.326 e. The van der Waals surface area contributed by atoms with Crippen molar-refractivity contribution in [3.8, 4) is 5.75 Å². The van der Waals surface area contributed by atoms with Crippen molar-refractivity contribution in [3.05, 3.63) is 83.9 Å². The highest BCUT2D eigenvalue weighted by Crippen LogP contribution is 2.23. The average molecular weight is 1020 g/mol. The van der Waals surface area contributed by atoms with Gasteiger partial charge in [-0.3, -0.25) is 43.3 Å². The summed E-state index contributed by atoms with van der Waals surface area (Å²) in [5.74, 6) is -7.96. The Morgan fingerprint density at radius 1 is 0.863 bits per heavy atom. The van der Waals surface area contributed by atoms with Crippen molar-refractivity contribution < 1.29 is 53.4 Å². The van der Waals surface area contributed by atoms with Gasteiger partial charge in [0.15, 0.2) is 5.96 Å². The van der Waals surface area contributed by atoms with Crippen molar-refractivity contribution in [1.29, 1.82) is 0 Å². The lowest BCUT2D eigenvalue weighted by atomic mass is 9.99. The second-order valence-corrected chi connectivity index (χ2v) is 18.3. The minimum atomic E-state index is -1.49. The number of carboxylic acid groups (broad SMARTS) is 1. The van der Waals surface area contributed by atoms with Gasteiger partial charge < -0.3 is 74.1 Å². The van der Waals surface area contributed by atoms with Gasteiger partial charge in [-0.15, -0.1) is 0 Å². The quantitative estimate of drug-likeness (QED) is 0.0255. The predicted molar refractivity (Wildman–Crippen MR) is 263 cm³/mol. The number of benzene rings is 2. The number of guanidine groups is 1. The fourth-order valence-corrected chi connectivity index (χ4v) is 8.46. The van der Waals surface area contributed by atoms with Crippen molar-refractivity contribution in [2.75, 3.05) is 26.7 Å². The molecule has 1 aromatic heterocycles. The summed E-state index contributed by atoms with van der Waals surface area (Å²) in [5, 5.41) is 41.5. The number of aliphatic imine (C=N–C) groups is 1. The maximum Gasteiger partial charge on any atom is 0.326 e. The largest absolute Gasteiger partial charge is 0.508 e. The molecule has 0 spiro atoms. The highest BCUT2D eigenvalue weighted by atomic mass is 16.4. The third-order valence-electron chi connectivity index (χ3n) is 12.2. The Labute approximate surface area is 421 Å². The molecule has 2 aliphatic heterocycles. The minimum absolute atomic E-state index is 0.0505. The van der Waals surface area contributed by atoms with Crippen LogP contribution in [0.4, 0.5) is 0 Å². The van der Waals surface area contributed by atoms with Crippen LogP contribution in [0.5, 0.6) is 5.75 Å². The number of carboxylic acids is 1. The molecule has 25 nitrogen and oxygen atoms in total. The number of aromatic nitrogens is 2. The summed E-state index contributed by atoms with van der Waals surface area (Å²) in [6, 6.07) is 4.39. The molecule has 2 aromatic carbocycles. The Morgan fingerprint density at radius 2 is 1.56 bits per heavy atom. The lowest BCUT2D eigenvalue weighted by Gasteiger charge is -2.31. The average Bonchev–Trinajstić information content (AvgIpc) is 4.03. The standard InChI is InChI=1S/C48H66N14O11/c1-26(2)40(61-42(67)32(56-39(65)23-51-3)10-7-17-53-48(49)50)45(70)58-34(18-28-11-13-31(63)14-12-28)43(68)57-33-15-16-38(64)55-30-21-37(44(69)60-36(47(72)73)19-27-8-5-4-6-9-27)62(24-30)46(71)35(59-41(33)66)20-29-22-52-25-54-29/h4-6,8-9,11-14,22,25-26,30,32-37,40,51,63H,7,10,15-21,23-24H2,1-3H3,(H,52,54)(H,55,64)(H,56,65)(H,57,68)(H,58,70)(H,59,66)(H,60,69)(H,61,67)(H,72,73)(H4,49,50,53)/t30-,32+,33+,34+,35+,36+,37+,40+/m1/s1. The van der Waals surface area contributed by atoms with Crippen LogP contribution in [-0.4, -0.2) is 159 Å². The van der Waals surface area contributed by atoms with E-state index >= 15 is 0 Å². The highest BCUT2D eigenvalue weighted by Gasteiger charge is 2.44. The van der Waals surface area contributed by atoms with Crippen LogP contribution in [-0.2, 0) is 62.4 Å². The molecule has 73 heavy (non-hydrogen) atoms. The van der Waals surface area contributed by atoms with Crippen LogP contribution in [0.2, 0.25) is 0 Å². The summed E-state index contributed by atoms with van der Waals surface area (Å²) in [5.41, 5.74) is 12.4. The number of aromatic amines is 1. The molecule has 0 radical (unpaired) electrons. The zero-order valence-corrected chi connectivity index (χ0v) is 40.9. The molecule has 5 rings (SSSR count). The Bertz CT molecular complexity index is 2430. The number of rotatable bonds is 23. The van der Waals surface area contributed by atoms with E-state index in [0.29, 0.717) is 23.2 Å². The number of fused-ring (bicyclic) bond motifs is 2. The van der Waals surface area contributed by atoms with Crippen molar-refractivity contribution >= 4 is 59.2 Å². The van der Waals surface area contributed by atoms with Crippen molar-refractivity contribution in [2.24, 2.45) is 22.4 Å². The molecule has 8 atom stereocenters. The SMILES string of the molecule is CNCC(=O)N[C@@H](CCCN=C(N)N)C(=O)N[C@H](C(=O)N[C@@H](Cc1ccc(O)cc1)C(=O)N[C@H]1CCC(=O)N[C@@H]2C[C@@H](C(=O)N[C@@H](Cc3ccccc3)C(=O)O)N(C2)C(=O)[C@H](Cc2cnc[nH]2)NC1=O)C(C)C. The van der Waals surface area contributed by atoms with Crippen LogP contribution in [0, 0.1) is 5.92 Å². The predicted octanol–water partition coefficient (Wildman–Crippen LogP) is -3.05. The van der Waals surface area contributed by atoms with Crippen LogP contribution in [0.25, 0.3) is 0 Å². The lowest BCUT2D eigenvalue weighted by molar-refractivity contribution is -0.145. The molecule has 0 saturated carbocycles. The molecule has 25 heteroatoms. The van der Waals surface area contributed by atoms with E-state index in [1.54, 1.807) is 51.2 Å². The Hall–Kier alpha value is -8.09. The fraction of sp³-hybridized carbons (Fsp3) is 0.479. The van der Waals surface area contributed by atoms with Gasteiger partial charge in [-0.25, -0.2) is 9.78 Å². The van der Waals surface area contributed by atoms with Crippen molar-refractivity contribution in [3.63, 3.8) is 0 Å². The number of H-pyrrole nitrogens is 1. The molecule has 8 amide bonds. The molecule has 2 fully saturated rings. The number of nitrogens with one attached hydrogen (secondary N) is 9. The number of phenolic OH excluding ortho intramolecular Hbond substituents is 1. The summed E-state index contributed by atoms with van der Waals surface area (Å²) in [6.45, 7) is 3.23. The van der Waals surface area contributed by atoms with Gasteiger partial charge in [-0.05, 0) is 61.9 Å². The molecule has 3 aromatic rings. The van der Waals surface area contributed by atoms with Crippen LogP contribution >= 0.6 is 0 Å². The molecule has 0 unspecified atom stereocenters. The maximum absolute atomic E-state index is 14.6. The van der Waals surface area contributed by atoms with Gasteiger partial charge in [0, 0.05) is 56.7 Å². The van der Waals surface area contributed by atoms with E-state index in [9.17, 15) is 53.4 Å². The summed E-state index contributed by atoms with van der Waals surface area (Å²) in [6.07, 6.45) is 2.12. The van der Waals surface area contributed by atoms with Gasteiger partial charge in [0.05, 0.1) is 12.9 Å². The number of aromatic hydroxyl groups is 1. The first kappa shape index (κ1) is 55.8. The van der Waals surface area contributed by atoms with E-state index in [-0.39, 0.29) is 76.3 Å². The van der Waals surface area contributed by atoms with E-state index in [0.717, 1.165) is 0 Å². The Balaban J connectivity index is 1.39. The lowest BCUT2D eigenvalue weighted by Crippen LogP contribution is -2.61. The zero-order chi connectivity index (χ0) is 53.2. The molecule has 394 valence electrons. The maximum atomic E-state index is 14.6. The number of nitrogens with zero attached hydrogens (tertiary/aromatic N) is 3. The third-order valence-corrected chi connectivity index (χ3v) is 12.2. The van der Waals surface area contributed by atoms with E-state index < -0.39 is 107 Å². The van der Waals surface area contributed by atoms with Crippen LogP contribution in [0.15, 0.2) is 72.1 Å². The molecule has 0 aliphatic carbocycles. The number of hydrogen-bond donors (Lipinski definition) is 13. The van der Waals surface area contributed by atoms with Crippen LogP contribution in [0.3, 0.4) is 0 Å². The van der Waals surface area contributed by atoms with E-state index in [2.05, 4.69) is 57.5 Å². The summed E-state index contributed by atoms with van der Waals surface area (Å²) < 4.78 is 0. The van der Waals surface area contributed by atoms with Crippen LogP contribution in [0.1, 0.15) is 62.8 Å². The summed E-state index contributed by atoms with van der Waals surface area (Å²) in [7, 11) is 1.55. The second-order valence-electron chi connectivity index (χ2n) is 18.3. The highest BCUT2D eigenvalue weighted by molar-refractivity contribution is 5.98. The molecule has 2 aliphatic rings. The van der Waals surface area contributed by atoms with Gasteiger partial charge >= 0.3 is 5.97 Å². The summed E-state index contributed by atoms with van der Waals surface area (Å²) in [4.78, 5) is 136. The van der Waals surface area contributed by atoms with Crippen LogP contribution < -0.4 is 54.0 Å². The second kappa shape index (κ2) is 26.9. The molecule has 15 N–H and O–H groups in total. The molecule has 2 saturated heterocycles. The molecular formula is C48H66N14O11. The monoisotopic (exact) mass is 1010 g/mol. The van der Waals surface area contributed by atoms with Gasteiger partial charge in [-0.2, -0.15) is 0 Å². The normalized spacial score (nSPS) is 19.6. The number of amides is 8. The number of nitrogens with two attached hydrogens (primary N) is 2. The van der Waals surface area contributed by atoms with E-state index in [1.807, 2.05) is 0 Å². The number of phenols is 1. The van der Waals surface area contributed by atoms with Crippen molar-refractivity contribution in [2.45, 2.75) is 114 Å². The number of hydrogen-bond acceptors (Lipinski definition) is 13. The van der Waals surface area contributed by atoms with E-state index in [1.165, 1.54) is 41.7 Å². The zero-order valence-electron chi connectivity index (χ0n) is 40.9. The van der Waals surface area contributed by atoms with Gasteiger partial charge in [0.25, 0.3) is 0 Å².